The lowest BCUT2D eigenvalue weighted by Gasteiger charge is -2.40. The second kappa shape index (κ2) is 5.26. The second-order valence-electron chi connectivity index (χ2n) is 4.29. The van der Waals surface area contributed by atoms with E-state index < -0.39 is 0 Å². The van der Waals surface area contributed by atoms with E-state index in [9.17, 15) is 0 Å². The van der Waals surface area contributed by atoms with Gasteiger partial charge in [0.15, 0.2) is 0 Å². The van der Waals surface area contributed by atoms with Crippen molar-refractivity contribution in [2.75, 3.05) is 12.3 Å². The van der Waals surface area contributed by atoms with Crippen LogP contribution in [0.25, 0.3) is 0 Å². The van der Waals surface area contributed by atoms with Crippen molar-refractivity contribution < 1.29 is 0 Å². The summed E-state index contributed by atoms with van der Waals surface area (Å²) in [4.78, 5) is 0.427. The van der Waals surface area contributed by atoms with Crippen molar-refractivity contribution in [2.24, 2.45) is 5.92 Å². The summed E-state index contributed by atoms with van der Waals surface area (Å²) in [6.45, 7) is 8.13. The van der Waals surface area contributed by atoms with Gasteiger partial charge >= 0.3 is 0 Å². The van der Waals surface area contributed by atoms with Crippen molar-refractivity contribution in [1.29, 1.82) is 0 Å². The molecule has 0 saturated carbocycles. The Bertz CT molecular complexity index is 131. The van der Waals surface area contributed by atoms with Crippen LogP contribution >= 0.6 is 11.8 Å². The highest BCUT2D eigenvalue weighted by molar-refractivity contribution is 8.00. The van der Waals surface area contributed by atoms with Gasteiger partial charge in [-0.3, -0.25) is 0 Å². The van der Waals surface area contributed by atoms with E-state index in [1.54, 1.807) is 0 Å². The fourth-order valence-corrected chi connectivity index (χ4v) is 3.63. The Kier molecular flexibility index (Phi) is 4.60. The van der Waals surface area contributed by atoms with Gasteiger partial charge in [-0.05, 0) is 31.1 Å². The molecule has 1 nitrogen and oxygen atoms in total. The molecule has 0 radical (unpaired) electrons. The lowest BCUT2D eigenvalue weighted by atomic mass is 10.0. The standard InChI is InChI=1S/C11H23NS/c1-4-6-11(7-5-2)12-8-10(3)9-13-11/h10,12H,4-9H2,1-3H3. The van der Waals surface area contributed by atoms with Gasteiger partial charge in [-0.1, -0.05) is 33.6 Å². The zero-order chi connectivity index (χ0) is 9.73. The summed E-state index contributed by atoms with van der Waals surface area (Å²) in [6, 6.07) is 0. The highest BCUT2D eigenvalue weighted by Crippen LogP contribution is 2.36. The zero-order valence-corrected chi connectivity index (χ0v) is 10.0. The Balaban J connectivity index is 2.47. The molecule has 1 unspecified atom stereocenters. The van der Waals surface area contributed by atoms with Crippen LogP contribution in [0.3, 0.4) is 0 Å². The van der Waals surface area contributed by atoms with E-state index in [0.717, 1.165) is 5.92 Å². The number of thioether (sulfide) groups is 1. The SMILES string of the molecule is CCCC1(CCC)NCC(C)CS1. The van der Waals surface area contributed by atoms with E-state index in [1.165, 1.54) is 38.0 Å². The third-order valence-corrected chi connectivity index (χ3v) is 4.57. The van der Waals surface area contributed by atoms with Gasteiger partial charge in [-0.25, -0.2) is 0 Å². The molecular weight excluding hydrogens is 178 g/mol. The van der Waals surface area contributed by atoms with Crippen molar-refractivity contribution in [3.05, 3.63) is 0 Å². The molecule has 1 heterocycles. The van der Waals surface area contributed by atoms with Gasteiger partial charge in [-0.2, -0.15) is 0 Å². The molecule has 0 aliphatic carbocycles. The summed E-state index contributed by atoms with van der Waals surface area (Å²) >= 11 is 2.16. The van der Waals surface area contributed by atoms with Crippen molar-refractivity contribution in [3.63, 3.8) is 0 Å². The molecule has 13 heavy (non-hydrogen) atoms. The van der Waals surface area contributed by atoms with Crippen LogP contribution in [0.1, 0.15) is 46.5 Å². The minimum absolute atomic E-state index is 0.427. The summed E-state index contributed by atoms with van der Waals surface area (Å²) in [7, 11) is 0. The summed E-state index contributed by atoms with van der Waals surface area (Å²) in [5, 5.41) is 3.75. The van der Waals surface area contributed by atoms with E-state index in [-0.39, 0.29) is 0 Å². The van der Waals surface area contributed by atoms with E-state index in [4.69, 9.17) is 0 Å². The smallest absolute Gasteiger partial charge is 0.0645 e. The summed E-state index contributed by atoms with van der Waals surface area (Å²) in [5.74, 6) is 2.19. The molecule has 78 valence electrons. The quantitative estimate of drug-likeness (QED) is 0.749. The van der Waals surface area contributed by atoms with Gasteiger partial charge in [0.05, 0.1) is 4.87 Å². The van der Waals surface area contributed by atoms with Crippen molar-refractivity contribution in [1.82, 2.24) is 5.32 Å². The normalized spacial score (nSPS) is 27.5. The highest BCUT2D eigenvalue weighted by atomic mass is 32.2. The molecule has 2 heteroatoms. The molecule has 0 aromatic heterocycles. The molecule has 0 amide bonds. The Hall–Kier alpha value is 0.310. The molecule has 1 aliphatic rings. The zero-order valence-electron chi connectivity index (χ0n) is 9.23. The van der Waals surface area contributed by atoms with Gasteiger partial charge in [-0.15, -0.1) is 11.8 Å². The van der Waals surface area contributed by atoms with E-state index in [2.05, 4.69) is 37.8 Å². The van der Waals surface area contributed by atoms with Gasteiger partial charge in [0.25, 0.3) is 0 Å². The Morgan fingerprint density at radius 1 is 1.31 bits per heavy atom. The molecule has 0 aromatic rings. The first kappa shape index (κ1) is 11.4. The maximum Gasteiger partial charge on any atom is 0.0645 e. The summed E-state index contributed by atoms with van der Waals surface area (Å²) in [5.41, 5.74) is 0. The van der Waals surface area contributed by atoms with Crippen LogP contribution in [-0.4, -0.2) is 17.2 Å². The molecule has 0 spiro atoms. The highest BCUT2D eigenvalue weighted by Gasteiger charge is 2.32. The van der Waals surface area contributed by atoms with Gasteiger partial charge in [0, 0.05) is 0 Å². The first-order chi connectivity index (χ1) is 6.22. The van der Waals surface area contributed by atoms with Gasteiger partial charge < -0.3 is 5.32 Å². The minimum atomic E-state index is 0.427. The molecule has 1 aliphatic heterocycles. The van der Waals surface area contributed by atoms with Gasteiger partial charge in [0.1, 0.15) is 0 Å². The van der Waals surface area contributed by atoms with Crippen LogP contribution < -0.4 is 5.32 Å². The Labute approximate surface area is 87.1 Å². The van der Waals surface area contributed by atoms with E-state index >= 15 is 0 Å². The lowest BCUT2D eigenvalue weighted by Crippen LogP contribution is -2.48. The van der Waals surface area contributed by atoms with Crippen LogP contribution in [0.4, 0.5) is 0 Å². The van der Waals surface area contributed by atoms with Crippen LogP contribution in [0.2, 0.25) is 0 Å². The van der Waals surface area contributed by atoms with Crippen molar-refractivity contribution in [2.45, 2.75) is 51.3 Å². The Morgan fingerprint density at radius 3 is 2.31 bits per heavy atom. The molecular formula is C11H23NS. The van der Waals surface area contributed by atoms with Crippen LogP contribution in [0.5, 0.6) is 0 Å². The average Bonchev–Trinajstić information content (AvgIpc) is 2.11. The van der Waals surface area contributed by atoms with Crippen molar-refractivity contribution >= 4 is 11.8 Å². The second-order valence-corrected chi connectivity index (χ2v) is 5.69. The number of rotatable bonds is 4. The Morgan fingerprint density at radius 2 is 1.92 bits per heavy atom. The number of nitrogens with one attached hydrogen (secondary N) is 1. The maximum atomic E-state index is 3.75. The predicted octanol–water partition coefficient (Wildman–Crippen LogP) is 3.26. The van der Waals surface area contributed by atoms with Crippen LogP contribution in [-0.2, 0) is 0 Å². The predicted molar refractivity (Wildman–Crippen MR) is 62.2 cm³/mol. The molecule has 0 aromatic carbocycles. The first-order valence-electron chi connectivity index (χ1n) is 5.61. The minimum Gasteiger partial charge on any atom is -0.303 e. The largest absolute Gasteiger partial charge is 0.303 e. The molecule has 1 saturated heterocycles. The molecule has 0 bridgehead atoms. The third kappa shape index (κ3) is 3.17. The van der Waals surface area contributed by atoms with E-state index in [0.29, 0.717) is 4.87 Å². The summed E-state index contributed by atoms with van der Waals surface area (Å²) < 4.78 is 0. The van der Waals surface area contributed by atoms with Crippen LogP contribution in [0, 0.1) is 5.92 Å². The maximum absolute atomic E-state index is 3.75. The topological polar surface area (TPSA) is 12.0 Å². The van der Waals surface area contributed by atoms with Crippen LogP contribution in [0.15, 0.2) is 0 Å². The molecule has 1 rings (SSSR count). The number of hydrogen-bond donors (Lipinski definition) is 1. The molecule has 1 N–H and O–H groups in total. The monoisotopic (exact) mass is 201 g/mol. The average molecular weight is 201 g/mol. The van der Waals surface area contributed by atoms with Crippen molar-refractivity contribution in [3.8, 4) is 0 Å². The van der Waals surface area contributed by atoms with Gasteiger partial charge in [0.2, 0.25) is 0 Å². The van der Waals surface area contributed by atoms with E-state index in [1.807, 2.05) is 0 Å². The first-order valence-corrected chi connectivity index (χ1v) is 6.60. The fourth-order valence-electron chi connectivity index (χ4n) is 2.03. The third-order valence-electron chi connectivity index (χ3n) is 2.72. The summed E-state index contributed by atoms with van der Waals surface area (Å²) in [6.07, 6.45) is 5.26. The number of hydrogen-bond acceptors (Lipinski definition) is 2. The lowest BCUT2D eigenvalue weighted by molar-refractivity contribution is 0.362. The molecule has 1 fully saturated rings. The fraction of sp³-hybridized carbons (Fsp3) is 1.00. The molecule has 1 atom stereocenters.